The van der Waals surface area contributed by atoms with Gasteiger partial charge in [0.1, 0.15) is 34.3 Å². The zero-order chi connectivity index (χ0) is 36.8. The number of nitrogen functional groups attached to an aromatic ring is 1. The molecule has 0 spiro atoms. The maximum absolute atomic E-state index is 13.6. The lowest BCUT2D eigenvalue weighted by molar-refractivity contribution is -0.121. The molecule has 1 saturated heterocycles. The number of amides is 2. The summed E-state index contributed by atoms with van der Waals surface area (Å²) in [6, 6.07) is 19.3. The van der Waals surface area contributed by atoms with Crippen molar-refractivity contribution in [3.63, 3.8) is 0 Å². The quantitative estimate of drug-likeness (QED) is 0.122. The van der Waals surface area contributed by atoms with Crippen molar-refractivity contribution in [3.8, 4) is 46.3 Å². The number of ketones is 1. The lowest BCUT2D eigenvalue weighted by atomic mass is 9.96. The highest BCUT2D eigenvalue weighted by Gasteiger charge is 2.41. The van der Waals surface area contributed by atoms with Crippen LogP contribution in [0.25, 0.3) is 11.1 Å². The number of Topliss-reactive ketones (excluding diaryl/α,β-unsaturated/α-hetero) is 1. The summed E-state index contributed by atoms with van der Waals surface area (Å²) in [7, 11) is 5.69. The Hall–Kier alpha value is -6.58. The highest BCUT2D eigenvalue weighted by atomic mass is 32.2. The number of pyridine rings is 1. The molecule has 1 unspecified atom stereocenters. The number of nitrogens with two attached hydrogens (primary N) is 1. The first kappa shape index (κ1) is 35.7. The summed E-state index contributed by atoms with van der Waals surface area (Å²) in [5, 5.41) is 19.3. The first-order valence-electron chi connectivity index (χ1n) is 15.0. The van der Waals surface area contributed by atoms with E-state index in [1.807, 2.05) is 6.07 Å². The van der Waals surface area contributed by atoms with Crippen LogP contribution in [0.1, 0.15) is 38.3 Å². The predicted molar refractivity (Wildman–Crippen MR) is 184 cm³/mol. The first-order chi connectivity index (χ1) is 24.6. The molecule has 4 aromatic rings. The Morgan fingerprint density at radius 3 is 2.12 bits per heavy atom. The second kappa shape index (κ2) is 15.3. The van der Waals surface area contributed by atoms with Crippen molar-refractivity contribution in [2.24, 2.45) is 0 Å². The Kier molecular flexibility index (Phi) is 10.7. The third kappa shape index (κ3) is 6.96. The fourth-order valence-electron chi connectivity index (χ4n) is 5.41. The molecule has 2 heterocycles. The summed E-state index contributed by atoms with van der Waals surface area (Å²) in [5.74, 6) is -1.39. The van der Waals surface area contributed by atoms with Gasteiger partial charge in [0, 0.05) is 12.0 Å². The van der Waals surface area contributed by atoms with E-state index in [-0.39, 0.29) is 68.0 Å². The van der Waals surface area contributed by atoms with Crippen molar-refractivity contribution in [1.29, 1.82) is 10.5 Å². The number of ether oxygens (including phenoxy) is 5. The second-order valence-corrected chi connectivity index (χ2v) is 11.9. The maximum atomic E-state index is 13.6. The van der Waals surface area contributed by atoms with Gasteiger partial charge in [0.05, 0.1) is 56.1 Å². The largest absolute Gasteiger partial charge is 0.496 e. The van der Waals surface area contributed by atoms with Gasteiger partial charge in [0.15, 0.2) is 18.1 Å². The number of imide groups is 1. The normalized spacial score (nSPS) is 13.6. The van der Waals surface area contributed by atoms with Gasteiger partial charge in [0.2, 0.25) is 23.3 Å². The van der Waals surface area contributed by atoms with Gasteiger partial charge in [-0.05, 0) is 54.1 Å². The predicted octanol–water partition coefficient (Wildman–Crippen LogP) is 4.57. The van der Waals surface area contributed by atoms with E-state index in [1.54, 1.807) is 36.4 Å². The number of benzene rings is 3. The number of methoxy groups -OCH3 is 4. The Bertz CT molecular complexity index is 2120. The molecular weight excluding hydrogens is 678 g/mol. The summed E-state index contributed by atoms with van der Waals surface area (Å²) in [5.41, 5.74) is 7.09. The summed E-state index contributed by atoms with van der Waals surface area (Å²) in [6.45, 7) is -0.525. The first-order valence-corrected chi connectivity index (χ1v) is 15.9. The number of para-hydroxylation sites is 1. The van der Waals surface area contributed by atoms with Crippen LogP contribution in [0.5, 0.6) is 23.0 Å². The minimum absolute atomic E-state index is 0.0338. The topological polar surface area (TPSA) is 204 Å². The number of esters is 1. The molecule has 258 valence electrons. The molecular formula is C36H29N5O9S. The van der Waals surface area contributed by atoms with Crippen molar-refractivity contribution in [2.45, 2.75) is 16.7 Å². The molecule has 3 aromatic carbocycles. The van der Waals surface area contributed by atoms with E-state index < -0.39 is 35.4 Å². The van der Waals surface area contributed by atoms with Gasteiger partial charge in [-0.25, -0.2) is 14.7 Å². The molecule has 15 heteroatoms. The maximum Gasteiger partial charge on any atom is 0.338 e. The number of rotatable bonds is 12. The number of thioether (sulfide) groups is 1. The van der Waals surface area contributed by atoms with E-state index in [0.29, 0.717) is 11.3 Å². The van der Waals surface area contributed by atoms with E-state index in [0.717, 1.165) is 16.7 Å². The summed E-state index contributed by atoms with van der Waals surface area (Å²) < 4.78 is 26.7. The highest BCUT2D eigenvalue weighted by Crippen LogP contribution is 2.45. The Morgan fingerprint density at radius 1 is 0.902 bits per heavy atom. The standard InChI is InChI=1S/C36H29N5O9S/c1-46-26-8-6-5-7-22(26)25(42)18-50-36(45)19-9-11-21(12-10-19)41-30(43)15-29(35(41)44)51-34-24(17-38)31(23(16-37)33(39)40-34)20-13-27(47-2)32(49-4)28(14-20)48-3/h5-14,29H,15,18H2,1-4H3,(H2,39,40). The minimum atomic E-state index is -0.997. The third-order valence-electron chi connectivity index (χ3n) is 7.83. The van der Waals surface area contributed by atoms with Gasteiger partial charge in [0.25, 0.3) is 0 Å². The van der Waals surface area contributed by atoms with Gasteiger partial charge >= 0.3 is 5.97 Å². The summed E-state index contributed by atoms with van der Waals surface area (Å²) >= 11 is 0.863. The third-order valence-corrected chi connectivity index (χ3v) is 9.00. The molecule has 2 N–H and O–H groups in total. The van der Waals surface area contributed by atoms with Crippen molar-refractivity contribution < 1.29 is 42.9 Å². The monoisotopic (exact) mass is 707 g/mol. The Balaban J connectivity index is 1.37. The van der Waals surface area contributed by atoms with Crippen LogP contribution in [0.2, 0.25) is 0 Å². The van der Waals surface area contributed by atoms with Crippen molar-refractivity contribution >= 4 is 46.8 Å². The molecule has 1 atom stereocenters. The molecule has 14 nitrogen and oxygen atoms in total. The minimum Gasteiger partial charge on any atom is -0.496 e. The molecule has 2 amide bonds. The van der Waals surface area contributed by atoms with Crippen LogP contribution in [0.4, 0.5) is 11.5 Å². The number of aromatic nitrogens is 1. The molecule has 0 radical (unpaired) electrons. The van der Waals surface area contributed by atoms with Crippen LogP contribution >= 0.6 is 11.8 Å². The molecule has 0 bridgehead atoms. The number of nitrogens with zero attached hydrogens (tertiary/aromatic N) is 4. The zero-order valence-electron chi connectivity index (χ0n) is 27.7. The van der Waals surface area contributed by atoms with E-state index in [2.05, 4.69) is 11.1 Å². The van der Waals surface area contributed by atoms with Gasteiger partial charge < -0.3 is 29.4 Å². The fraction of sp³-hybridized carbons (Fsp3) is 0.194. The molecule has 1 aromatic heterocycles. The van der Waals surface area contributed by atoms with Crippen LogP contribution in [-0.2, 0) is 14.3 Å². The van der Waals surface area contributed by atoms with Crippen LogP contribution in [-0.4, -0.2) is 68.8 Å². The highest BCUT2D eigenvalue weighted by molar-refractivity contribution is 8.00. The fourth-order valence-corrected chi connectivity index (χ4v) is 6.53. The summed E-state index contributed by atoms with van der Waals surface area (Å²) in [4.78, 5) is 57.3. The van der Waals surface area contributed by atoms with Crippen molar-refractivity contribution in [1.82, 2.24) is 4.98 Å². The van der Waals surface area contributed by atoms with Crippen LogP contribution in [0.3, 0.4) is 0 Å². The average molecular weight is 708 g/mol. The molecule has 0 saturated carbocycles. The Morgan fingerprint density at radius 2 is 1.53 bits per heavy atom. The van der Waals surface area contributed by atoms with Gasteiger partial charge in [-0.3, -0.25) is 14.4 Å². The molecule has 51 heavy (non-hydrogen) atoms. The molecule has 1 aliphatic heterocycles. The molecule has 5 rings (SSSR count). The molecule has 1 fully saturated rings. The number of hydrogen-bond acceptors (Lipinski definition) is 14. The smallest absolute Gasteiger partial charge is 0.338 e. The number of carbonyl (C=O) groups excluding carboxylic acids is 4. The van der Waals surface area contributed by atoms with Gasteiger partial charge in [-0.2, -0.15) is 10.5 Å². The van der Waals surface area contributed by atoms with E-state index in [4.69, 9.17) is 29.4 Å². The second-order valence-electron chi connectivity index (χ2n) is 10.7. The van der Waals surface area contributed by atoms with Crippen LogP contribution in [0, 0.1) is 22.7 Å². The number of hydrogen-bond donors (Lipinski definition) is 1. The number of nitriles is 2. The van der Waals surface area contributed by atoms with Crippen molar-refractivity contribution in [2.75, 3.05) is 45.7 Å². The summed E-state index contributed by atoms with van der Waals surface area (Å²) in [6.07, 6.45) is -0.232. The lowest BCUT2D eigenvalue weighted by Crippen LogP contribution is -2.31. The lowest BCUT2D eigenvalue weighted by Gasteiger charge is -2.18. The van der Waals surface area contributed by atoms with E-state index in [1.165, 1.54) is 52.7 Å². The number of carbonyl (C=O) groups is 4. The average Bonchev–Trinajstić information content (AvgIpc) is 3.43. The molecule has 0 aliphatic carbocycles. The van der Waals surface area contributed by atoms with E-state index >= 15 is 0 Å². The van der Waals surface area contributed by atoms with Crippen LogP contribution < -0.4 is 29.6 Å². The Labute approximate surface area is 296 Å². The molecule has 1 aliphatic rings. The number of anilines is 2. The van der Waals surface area contributed by atoms with E-state index in [9.17, 15) is 29.7 Å². The van der Waals surface area contributed by atoms with Gasteiger partial charge in [-0.1, -0.05) is 23.9 Å². The van der Waals surface area contributed by atoms with Crippen molar-refractivity contribution in [3.05, 3.63) is 82.9 Å². The SMILES string of the molecule is COc1ccccc1C(=O)COC(=O)c1ccc(N2C(=O)CC(Sc3nc(N)c(C#N)c(-c4cc(OC)c(OC)c(OC)c4)c3C#N)C2=O)cc1. The van der Waals surface area contributed by atoms with Crippen LogP contribution in [0.15, 0.2) is 65.7 Å². The van der Waals surface area contributed by atoms with Gasteiger partial charge in [-0.15, -0.1) is 0 Å². The zero-order valence-corrected chi connectivity index (χ0v) is 28.5.